The maximum Gasteiger partial charge on any atom is 0.152 e. The first kappa shape index (κ1) is 13.5. The molecular weight excluding hydrogens is 272 g/mol. The molecule has 0 unspecified atom stereocenters. The van der Waals surface area contributed by atoms with Gasteiger partial charge in [-0.25, -0.2) is 13.8 Å². The minimum Gasteiger partial charge on any atom is -0.323 e. The van der Waals surface area contributed by atoms with Crippen molar-refractivity contribution in [3.8, 4) is 11.3 Å². The summed E-state index contributed by atoms with van der Waals surface area (Å²) in [4.78, 5) is 4.36. The average Bonchev–Trinajstić information content (AvgIpc) is 2.47. The van der Waals surface area contributed by atoms with Gasteiger partial charge in [-0.15, -0.1) is 0 Å². The van der Waals surface area contributed by atoms with Gasteiger partial charge in [-0.05, 0) is 13.0 Å². The van der Waals surface area contributed by atoms with Crippen LogP contribution >= 0.6 is 0 Å². The van der Waals surface area contributed by atoms with Crippen molar-refractivity contribution >= 4 is 16.6 Å². The fourth-order valence-electron chi connectivity index (χ4n) is 2.45. The standard InChI is InChI=1S/C16H13F2N3/c1-9-14(10-5-3-2-4-6-10)20-16-12(15(9)21-19)7-11(17)8-13(16)18/h2-8H,19H2,1H3,(H,20,21). The molecule has 1 aromatic heterocycles. The molecule has 21 heavy (non-hydrogen) atoms. The molecule has 0 aliphatic carbocycles. The van der Waals surface area contributed by atoms with E-state index in [9.17, 15) is 8.78 Å². The molecule has 0 saturated heterocycles. The zero-order valence-electron chi connectivity index (χ0n) is 11.3. The van der Waals surface area contributed by atoms with Crippen LogP contribution in [0, 0.1) is 18.6 Å². The Morgan fingerprint density at radius 1 is 1.10 bits per heavy atom. The third-order valence-corrected chi connectivity index (χ3v) is 3.44. The van der Waals surface area contributed by atoms with Gasteiger partial charge in [-0.1, -0.05) is 30.3 Å². The molecule has 0 atom stereocenters. The van der Waals surface area contributed by atoms with E-state index in [-0.39, 0.29) is 5.52 Å². The second-order valence-electron chi connectivity index (χ2n) is 4.75. The van der Waals surface area contributed by atoms with Crippen molar-refractivity contribution in [1.29, 1.82) is 0 Å². The Kier molecular flexibility index (Phi) is 3.27. The lowest BCUT2D eigenvalue weighted by atomic mass is 10.0. The van der Waals surface area contributed by atoms with Gasteiger partial charge >= 0.3 is 0 Å². The number of aromatic nitrogens is 1. The summed E-state index contributed by atoms with van der Waals surface area (Å²) < 4.78 is 27.5. The van der Waals surface area contributed by atoms with E-state index in [1.807, 2.05) is 37.3 Å². The Morgan fingerprint density at radius 2 is 1.81 bits per heavy atom. The average molecular weight is 285 g/mol. The summed E-state index contributed by atoms with van der Waals surface area (Å²) in [6.45, 7) is 1.81. The lowest BCUT2D eigenvalue weighted by molar-refractivity contribution is 0.590. The van der Waals surface area contributed by atoms with Crippen LogP contribution in [0.15, 0.2) is 42.5 Å². The van der Waals surface area contributed by atoms with Crippen molar-refractivity contribution < 1.29 is 8.78 Å². The van der Waals surface area contributed by atoms with E-state index >= 15 is 0 Å². The molecule has 106 valence electrons. The van der Waals surface area contributed by atoms with E-state index in [1.165, 1.54) is 6.07 Å². The maximum absolute atomic E-state index is 14.0. The normalized spacial score (nSPS) is 10.9. The molecule has 0 aliphatic heterocycles. The molecule has 2 aromatic carbocycles. The summed E-state index contributed by atoms with van der Waals surface area (Å²) in [5.74, 6) is 4.17. The number of hydrazine groups is 1. The van der Waals surface area contributed by atoms with E-state index in [1.54, 1.807) is 0 Å². The fraction of sp³-hybridized carbons (Fsp3) is 0.0625. The Hall–Kier alpha value is -2.53. The molecule has 0 amide bonds. The molecule has 0 saturated carbocycles. The summed E-state index contributed by atoms with van der Waals surface area (Å²) >= 11 is 0. The SMILES string of the molecule is Cc1c(-c2ccccc2)nc2c(F)cc(F)cc2c1NN. The number of nitrogens with one attached hydrogen (secondary N) is 1. The van der Waals surface area contributed by atoms with Gasteiger partial charge in [0, 0.05) is 22.6 Å². The number of hydrogen-bond acceptors (Lipinski definition) is 3. The first-order chi connectivity index (χ1) is 10.1. The second-order valence-corrected chi connectivity index (χ2v) is 4.75. The van der Waals surface area contributed by atoms with E-state index in [0.29, 0.717) is 16.8 Å². The Balaban J connectivity index is 2.41. The number of anilines is 1. The quantitative estimate of drug-likeness (QED) is 0.556. The second kappa shape index (κ2) is 5.10. The van der Waals surface area contributed by atoms with E-state index in [2.05, 4.69) is 10.4 Å². The van der Waals surface area contributed by atoms with Crippen LogP contribution in [0.3, 0.4) is 0 Å². The molecule has 0 radical (unpaired) electrons. The highest BCUT2D eigenvalue weighted by molar-refractivity contribution is 5.96. The third kappa shape index (κ3) is 2.21. The summed E-state index contributed by atoms with van der Waals surface area (Å²) in [5.41, 5.74) is 5.29. The van der Waals surface area contributed by atoms with Crippen molar-refractivity contribution in [3.63, 3.8) is 0 Å². The zero-order valence-corrected chi connectivity index (χ0v) is 11.3. The highest BCUT2D eigenvalue weighted by atomic mass is 19.1. The number of halogens is 2. The van der Waals surface area contributed by atoms with Crippen LogP contribution in [0.1, 0.15) is 5.56 Å². The van der Waals surface area contributed by atoms with Gasteiger partial charge in [0.2, 0.25) is 0 Å². The fourth-order valence-corrected chi connectivity index (χ4v) is 2.45. The monoisotopic (exact) mass is 285 g/mol. The van der Waals surface area contributed by atoms with Crippen LogP contribution in [-0.4, -0.2) is 4.98 Å². The molecule has 1 heterocycles. The molecule has 3 nitrogen and oxygen atoms in total. The predicted octanol–water partition coefficient (Wildman–Crippen LogP) is 3.77. The summed E-state index contributed by atoms with van der Waals surface area (Å²) in [6, 6.07) is 11.4. The molecule has 0 aliphatic rings. The van der Waals surface area contributed by atoms with E-state index in [0.717, 1.165) is 17.2 Å². The molecule has 0 fully saturated rings. The van der Waals surface area contributed by atoms with Gasteiger partial charge in [0.25, 0.3) is 0 Å². The molecule has 5 heteroatoms. The zero-order chi connectivity index (χ0) is 15.0. The molecule has 3 aromatic rings. The first-order valence-electron chi connectivity index (χ1n) is 6.43. The highest BCUT2D eigenvalue weighted by Gasteiger charge is 2.16. The lowest BCUT2D eigenvalue weighted by Crippen LogP contribution is -2.10. The molecule has 3 N–H and O–H groups in total. The van der Waals surface area contributed by atoms with Gasteiger partial charge in [-0.3, -0.25) is 5.84 Å². The van der Waals surface area contributed by atoms with Crippen LogP contribution in [0.2, 0.25) is 0 Å². The third-order valence-electron chi connectivity index (χ3n) is 3.44. The summed E-state index contributed by atoms with van der Waals surface area (Å²) in [7, 11) is 0. The van der Waals surface area contributed by atoms with Crippen molar-refractivity contribution in [2.24, 2.45) is 5.84 Å². The van der Waals surface area contributed by atoms with Crippen LogP contribution in [0.25, 0.3) is 22.2 Å². The topological polar surface area (TPSA) is 50.9 Å². The van der Waals surface area contributed by atoms with Crippen LogP contribution in [0.4, 0.5) is 14.5 Å². The molecule has 3 rings (SSSR count). The van der Waals surface area contributed by atoms with Crippen LogP contribution in [0.5, 0.6) is 0 Å². The summed E-state index contributed by atoms with van der Waals surface area (Å²) in [5, 5.41) is 0.326. The largest absolute Gasteiger partial charge is 0.323 e. The molecule has 0 spiro atoms. The molecule has 0 bridgehead atoms. The van der Waals surface area contributed by atoms with Gasteiger partial charge < -0.3 is 5.43 Å². The highest BCUT2D eigenvalue weighted by Crippen LogP contribution is 2.34. The number of pyridine rings is 1. The smallest absolute Gasteiger partial charge is 0.152 e. The van der Waals surface area contributed by atoms with Crippen molar-refractivity contribution in [3.05, 3.63) is 59.7 Å². The van der Waals surface area contributed by atoms with Gasteiger partial charge in [0.1, 0.15) is 11.3 Å². The summed E-state index contributed by atoms with van der Waals surface area (Å²) in [6.07, 6.45) is 0. The minimum absolute atomic E-state index is 0.0915. The van der Waals surface area contributed by atoms with Gasteiger partial charge in [0.05, 0.1) is 11.4 Å². The van der Waals surface area contributed by atoms with Gasteiger partial charge in [-0.2, -0.15) is 0 Å². The number of nitrogens with two attached hydrogens (primary N) is 1. The van der Waals surface area contributed by atoms with Crippen molar-refractivity contribution in [2.75, 3.05) is 5.43 Å². The number of nitrogens with zero attached hydrogens (tertiary/aromatic N) is 1. The number of benzene rings is 2. The Morgan fingerprint density at radius 3 is 2.48 bits per heavy atom. The van der Waals surface area contributed by atoms with Gasteiger partial charge in [0.15, 0.2) is 5.82 Å². The lowest BCUT2D eigenvalue weighted by Gasteiger charge is -2.14. The van der Waals surface area contributed by atoms with Crippen molar-refractivity contribution in [1.82, 2.24) is 4.98 Å². The first-order valence-corrected chi connectivity index (χ1v) is 6.43. The predicted molar refractivity (Wildman–Crippen MR) is 79.6 cm³/mol. The van der Waals surface area contributed by atoms with Crippen LogP contribution in [-0.2, 0) is 0 Å². The van der Waals surface area contributed by atoms with Crippen molar-refractivity contribution in [2.45, 2.75) is 6.92 Å². The number of hydrogen-bond donors (Lipinski definition) is 2. The minimum atomic E-state index is -0.710. The maximum atomic E-state index is 14.0. The number of fused-ring (bicyclic) bond motifs is 1. The van der Waals surface area contributed by atoms with Crippen LogP contribution < -0.4 is 11.3 Å². The Bertz CT molecular complexity index is 817. The van der Waals surface area contributed by atoms with E-state index < -0.39 is 11.6 Å². The van der Waals surface area contributed by atoms with E-state index in [4.69, 9.17) is 5.84 Å². The Labute approximate surface area is 120 Å². The number of rotatable bonds is 2. The molecular formula is C16H13F2N3. The number of nitrogen functional groups attached to an aromatic ring is 1.